The largest absolute Gasteiger partial charge is 0.368 e. The van der Waals surface area contributed by atoms with E-state index < -0.39 is 11.9 Å². The lowest BCUT2D eigenvalue weighted by Crippen LogP contribution is -2.43. The van der Waals surface area contributed by atoms with Crippen LogP contribution in [0.15, 0.2) is 18.2 Å². The van der Waals surface area contributed by atoms with E-state index in [-0.39, 0.29) is 11.8 Å². The predicted molar refractivity (Wildman–Crippen MR) is 72.0 cm³/mol. The van der Waals surface area contributed by atoms with Crippen LogP contribution >= 0.6 is 0 Å². The normalized spacial score (nSPS) is 20.7. The Morgan fingerprint density at radius 1 is 1.35 bits per heavy atom. The number of amides is 3. The average Bonchev–Trinajstić information content (AvgIpc) is 3.01. The molecule has 2 aliphatic heterocycles. The summed E-state index contributed by atoms with van der Waals surface area (Å²) in [5, 5.41) is 2.72. The third-order valence-electron chi connectivity index (χ3n) is 3.82. The molecule has 3 rings (SSSR count). The Morgan fingerprint density at radius 2 is 2.15 bits per heavy atom. The maximum atomic E-state index is 12.4. The first-order chi connectivity index (χ1) is 9.56. The fraction of sp³-hybridized carbons (Fsp3) is 0.357. The van der Waals surface area contributed by atoms with Gasteiger partial charge in [-0.05, 0) is 30.5 Å². The molecule has 0 aromatic heterocycles. The Morgan fingerprint density at radius 3 is 2.90 bits per heavy atom. The van der Waals surface area contributed by atoms with Crippen molar-refractivity contribution in [3.63, 3.8) is 0 Å². The topological polar surface area (TPSA) is 92.5 Å². The molecule has 1 unspecified atom stereocenters. The molecule has 1 atom stereocenters. The summed E-state index contributed by atoms with van der Waals surface area (Å²) in [5.74, 6) is -0.749. The lowest BCUT2D eigenvalue weighted by atomic mass is 10.1. The summed E-state index contributed by atoms with van der Waals surface area (Å²) in [6.07, 6.45) is 1.74. The van der Waals surface area contributed by atoms with E-state index in [1.807, 2.05) is 0 Å². The van der Waals surface area contributed by atoms with Crippen LogP contribution in [0.1, 0.15) is 28.8 Å². The standard InChI is InChI=1S/C14H15N3O3/c15-13(19)11-2-1-5-17(11)14(20)9-4-3-8-7-12(18)16-10(8)6-9/h3-4,6,11H,1-2,5,7H2,(H2,15,19)(H,16,18). The van der Waals surface area contributed by atoms with Gasteiger partial charge in [0.1, 0.15) is 6.04 Å². The number of carbonyl (C=O) groups excluding carboxylic acids is 3. The molecular formula is C14H15N3O3. The molecule has 1 fully saturated rings. The number of likely N-dealkylation sites (tertiary alicyclic amines) is 1. The monoisotopic (exact) mass is 273 g/mol. The maximum Gasteiger partial charge on any atom is 0.254 e. The number of benzene rings is 1. The zero-order valence-electron chi connectivity index (χ0n) is 10.9. The van der Waals surface area contributed by atoms with Gasteiger partial charge in [0, 0.05) is 17.8 Å². The van der Waals surface area contributed by atoms with Crippen LogP contribution < -0.4 is 11.1 Å². The highest BCUT2D eigenvalue weighted by Crippen LogP contribution is 2.26. The highest BCUT2D eigenvalue weighted by atomic mass is 16.2. The van der Waals surface area contributed by atoms with Crippen LogP contribution in [0, 0.1) is 0 Å². The van der Waals surface area contributed by atoms with Crippen LogP contribution in [0.4, 0.5) is 5.69 Å². The van der Waals surface area contributed by atoms with E-state index in [1.54, 1.807) is 18.2 Å². The van der Waals surface area contributed by atoms with Gasteiger partial charge in [-0.25, -0.2) is 0 Å². The molecule has 0 aliphatic carbocycles. The van der Waals surface area contributed by atoms with Gasteiger partial charge in [-0.3, -0.25) is 14.4 Å². The molecule has 104 valence electrons. The first-order valence-electron chi connectivity index (χ1n) is 6.59. The summed E-state index contributed by atoms with van der Waals surface area (Å²) in [7, 11) is 0. The molecule has 1 saturated heterocycles. The summed E-state index contributed by atoms with van der Waals surface area (Å²) in [4.78, 5) is 36.6. The number of fused-ring (bicyclic) bond motifs is 1. The van der Waals surface area contributed by atoms with Crippen molar-refractivity contribution in [2.24, 2.45) is 5.73 Å². The molecule has 3 N–H and O–H groups in total. The fourth-order valence-corrected chi connectivity index (χ4v) is 2.82. The fourth-order valence-electron chi connectivity index (χ4n) is 2.82. The van der Waals surface area contributed by atoms with Gasteiger partial charge in [0.2, 0.25) is 11.8 Å². The minimum Gasteiger partial charge on any atom is -0.368 e. The van der Waals surface area contributed by atoms with Gasteiger partial charge < -0.3 is 16.0 Å². The summed E-state index contributed by atoms with van der Waals surface area (Å²) in [6.45, 7) is 0.538. The van der Waals surface area contributed by atoms with Crippen LogP contribution in [0.3, 0.4) is 0 Å². The van der Waals surface area contributed by atoms with Crippen molar-refractivity contribution in [2.75, 3.05) is 11.9 Å². The van der Waals surface area contributed by atoms with E-state index in [0.29, 0.717) is 30.6 Å². The van der Waals surface area contributed by atoms with Gasteiger partial charge in [-0.1, -0.05) is 6.07 Å². The van der Waals surface area contributed by atoms with Crippen molar-refractivity contribution in [1.82, 2.24) is 4.90 Å². The smallest absolute Gasteiger partial charge is 0.254 e. The number of nitrogens with zero attached hydrogens (tertiary/aromatic N) is 1. The molecule has 0 bridgehead atoms. The number of anilines is 1. The van der Waals surface area contributed by atoms with Crippen molar-refractivity contribution in [1.29, 1.82) is 0 Å². The Labute approximate surface area is 115 Å². The number of rotatable bonds is 2. The maximum absolute atomic E-state index is 12.4. The van der Waals surface area contributed by atoms with Crippen molar-refractivity contribution in [2.45, 2.75) is 25.3 Å². The van der Waals surface area contributed by atoms with Crippen LogP contribution in [0.25, 0.3) is 0 Å². The Hall–Kier alpha value is -2.37. The molecule has 1 aromatic carbocycles. The second-order valence-electron chi connectivity index (χ2n) is 5.16. The van der Waals surface area contributed by atoms with Crippen molar-refractivity contribution < 1.29 is 14.4 Å². The highest BCUT2D eigenvalue weighted by molar-refractivity contribution is 6.03. The minimum absolute atomic E-state index is 0.0687. The zero-order chi connectivity index (χ0) is 14.3. The number of hydrogen-bond donors (Lipinski definition) is 2. The first kappa shape index (κ1) is 12.7. The van der Waals surface area contributed by atoms with E-state index >= 15 is 0 Å². The van der Waals surface area contributed by atoms with E-state index in [2.05, 4.69) is 5.32 Å². The van der Waals surface area contributed by atoms with E-state index in [0.717, 1.165) is 12.0 Å². The lowest BCUT2D eigenvalue weighted by molar-refractivity contribution is -0.121. The quantitative estimate of drug-likeness (QED) is 0.810. The molecular weight excluding hydrogens is 258 g/mol. The van der Waals surface area contributed by atoms with Crippen LogP contribution in [-0.4, -0.2) is 35.2 Å². The average molecular weight is 273 g/mol. The van der Waals surface area contributed by atoms with Gasteiger partial charge in [-0.2, -0.15) is 0 Å². The molecule has 2 aliphatic rings. The van der Waals surface area contributed by atoms with Gasteiger partial charge in [0.25, 0.3) is 5.91 Å². The van der Waals surface area contributed by atoms with Gasteiger partial charge in [0.05, 0.1) is 6.42 Å². The number of hydrogen-bond acceptors (Lipinski definition) is 3. The summed E-state index contributed by atoms with van der Waals surface area (Å²) < 4.78 is 0. The molecule has 0 radical (unpaired) electrons. The Kier molecular flexibility index (Phi) is 2.93. The lowest BCUT2D eigenvalue weighted by Gasteiger charge is -2.22. The third-order valence-corrected chi connectivity index (χ3v) is 3.82. The predicted octanol–water partition coefficient (Wildman–Crippen LogP) is 0.271. The molecule has 2 heterocycles. The molecule has 6 heteroatoms. The van der Waals surface area contributed by atoms with Crippen LogP contribution in [0.2, 0.25) is 0 Å². The Balaban J connectivity index is 1.86. The number of nitrogens with one attached hydrogen (secondary N) is 1. The SMILES string of the molecule is NC(=O)C1CCCN1C(=O)c1ccc2c(c1)NC(=O)C2. The minimum atomic E-state index is -0.523. The molecule has 0 saturated carbocycles. The van der Waals surface area contributed by atoms with Gasteiger partial charge in [-0.15, -0.1) is 0 Å². The van der Waals surface area contributed by atoms with Gasteiger partial charge in [0.15, 0.2) is 0 Å². The third kappa shape index (κ3) is 2.03. The molecule has 0 spiro atoms. The van der Waals surface area contributed by atoms with Crippen molar-refractivity contribution in [3.05, 3.63) is 29.3 Å². The van der Waals surface area contributed by atoms with Gasteiger partial charge >= 0.3 is 0 Å². The van der Waals surface area contributed by atoms with E-state index in [1.165, 1.54) is 4.90 Å². The van der Waals surface area contributed by atoms with E-state index in [4.69, 9.17) is 5.73 Å². The second kappa shape index (κ2) is 4.63. The molecule has 3 amide bonds. The van der Waals surface area contributed by atoms with Crippen molar-refractivity contribution in [3.8, 4) is 0 Å². The summed E-state index contributed by atoms with van der Waals surface area (Å²) in [5.41, 5.74) is 7.36. The molecule has 6 nitrogen and oxygen atoms in total. The Bertz CT molecular complexity index is 612. The van der Waals surface area contributed by atoms with Crippen LogP contribution in [0.5, 0.6) is 0 Å². The zero-order valence-corrected chi connectivity index (χ0v) is 10.9. The summed E-state index contributed by atoms with van der Waals surface area (Å²) >= 11 is 0. The van der Waals surface area contributed by atoms with Crippen LogP contribution in [-0.2, 0) is 16.0 Å². The molecule has 1 aromatic rings. The number of carbonyl (C=O) groups is 3. The number of primary amides is 1. The first-order valence-corrected chi connectivity index (χ1v) is 6.59. The summed E-state index contributed by atoms with van der Waals surface area (Å²) in [6, 6.07) is 4.61. The number of nitrogens with two attached hydrogens (primary N) is 1. The van der Waals surface area contributed by atoms with E-state index in [9.17, 15) is 14.4 Å². The highest BCUT2D eigenvalue weighted by Gasteiger charge is 2.33. The second-order valence-corrected chi connectivity index (χ2v) is 5.16. The van der Waals surface area contributed by atoms with Crippen molar-refractivity contribution >= 4 is 23.4 Å². The molecule has 20 heavy (non-hydrogen) atoms.